The first kappa shape index (κ1) is 24.3. The minimum absolute atomic E-state index is 0.0861. The molecule has 2 aliphatic rings. The number of alkyl halides is 2. The number of rotatable bonds is 4. The molecule has 38 heavy (non-hydrogen) atoms. The Hall–Kier alpha value is -4.08. The van der Waals surface area contributed by atoms with Gasteiger partial charge in [-0.3, -0.25) is 9.50 Å². The van der Waals surface area contributed by atoms with E-state index in [4.69, 9.17) is 15.5 Å². The van der Waals surface area contributed by atoms with Crippen molar-refractivity contribution in [3.63, 3.8) is 0 Å². The Balaban J connectivity index is 1.31. The number of imidazole rings is 1. The van der Waals surface area contributed by atoms with Crippen LogP contribution in [0, 0.1) is 23.1 Å². The number of halogens is 3. The molecule has 12 heteroatoms. The molecule has 5 heterocycles. The smallest absolute Gasteiger partial charge is 0.387 e. The lowest BCUT2D eigenvalue weighted by Crippen LogP contribution is -2.51. The lowest BCUT2D eigenvalue weighted by Gasteiger charge is -2.41. The Bertz CT molecular complexity index is 1580. The SMILES string of the molecule is C=C[C@@H]1OCC2(CCN(c3nc4[nH]nc(C#Cc5cccc(OC(F)F)c5F)c4c4nccn34)CC2)[C@@H]1N. The quantitative estimate of drug-likeness (QED) is 0.313. The largest absolute Gasteiger partial charge is 0.432 e. The van der Waals surface area contributed by atoms with Crippen molar-refractivity contribution in [1.82, 2.24) is 24.6 Å². The molecule has 2 saturated heterocycles. The van der Waals surface area contributed by atoms with Gasteiger partial charge in [0, 0.05) is 36.9 Å². The normalized spacial score (nSPS) is 20.8. The molecule has 2 fully saturated rings. The first-order valence-corrected chi connectivity index (χ1v) is 12.1. The van der Waals surface area contributed by atoms with E-state index in [1.165, 1.54) is 12.1 Å². The van der Waals surface area contributed by atoms with Crippen LogP contribution in [-0.4, -0.2) is 63.0 Å². The van der Waals surface area contributed by atoms with Crippen molar-refractivity contribution in [2.24, 2.45) is 11.1 Å². The molecule has 0 amide bonds. The molecule has 0 unspecified atom stereocenters. The molecule has 0 radical (unpaired) electrons. The van der Waals surface area contributed by atoms with Gasteiger partial charge in [0.25, 0.3) is 0 Å². The highest BCUT2D eigenvalue weighted by atomic mass is 19.3. The molecule has 1 aromatic carbocycles. The van der Waals surface area contributed by atoms with E-state index in [0.717, 1.165) is 32.0 Å². The predicted octanol–water partition coefficient (Wildman–Crippen LogP) is 3.24. The molecule has 3 N–H and O–H groups in total. The number of benzene rings is 1. The van der Waals surface area contributed by atoms with E-state index in [1.807, 2.05) is 10.6 Å². The summed E-state index contributed by atoms with van der Waals surface area (Å²) in [5.74, 6) is 4.63. The topological polar surface area (TPSA) is 107 Å². The standard InChI is InChI=1S/C26H24F3N7O2/c1-2-17-21(30)26(14-37-17)8-11-35(12-9-26)25-32-22-19(23-31-10-13-36(23)25)16(33-34-22)7-6-15-4-3-5-18(20(15)27)38-24(28)29/h2-5,10,13,17,21,24H,1,8-9,11-12,14,30H2,(H,33,34)/t17-,21+/m0/s1. The molecular weight excluding hydrogens is 499 g/mol. The van der Waals surface area contributed by atoms with Crippen LogP contribution in [0.2, 0.25) is 0 Å². The van der Waals surface area contributed by atoms with E-state index < -0.39 is 18.2 Å². The van der Waals surface area contributed by atoms with Crippen LogP contribution in [0.4, 0.5) is 19.1 Å². The van der Waals surface area contributed by atoms with Gasteiger partial charge >= 0.3 is 6.61 Å². The van der Waals surface area contributed by atoms with Crippen molar-refractivity contribution < 1.29 is 22.6 Å². The van der Waals surface area contributed by atoms with Crippen LogP contribution in [0.5, 0.6) is 5.75 Å². The van der Waals surface area contributed by atoms with Gasteiger partial charge in [-0.05, 0) is 30.9 Å². The number of nitrogens with zero attached hydrogens (tertiary/aromatic N) is 5. The van der Waals surface area contributed by atoms with Gasteiger partial charge in [0.2, 0.25) is 5.95 Å². The van der Waals surface area contributed by atoms with Crippen LogP contribution in [-0.2, 0) is 4.74 Å². The second-order valence-corrected chi connectivity index (χ2v) is 9.46. The van der Waals surface area contributed by atoms with Crippen molar-refractivity contribution in [3.05, 3.63) is 60.3 Å². The summed E-state index contributed by atoms with van der Waals surface area (Å²) in [4.78, 5) is 11.5. The van der Waals surface area contributed by atoms with E-state index in [0.29, 0.717) is 34.9 Å². The summed E-state index contributed by atoms with van der Waals surface area (Å²) in [7, 11) is 0. The highest BCUT2D eigenvalue weighted by Gasteiger charge is 2.48. The Labute approximate surface area is 215 Å². The zero-order valence-electron chi connectivity index (χ0n) is 20.2. The molecule has 1 spiro atoms. The second-order valence-electron chi connectivity index (χ2n) is 9.46. The fourth-order valence-electron chi connectivity index (χ4n) is 5.32. The number of anilines is 1. The predicted molar refractivity (Wildman–Crippen MR) is 133 cm³/mol. The fraction of sp³-hybridized carbons (Fsp3) is 0.346. The summed E-state index contributed by atoms with van der Waals surface area (Å²) in [6.07, 6.45) is 6.83. The molecule has 2 aliphatic heterocycles. The van der Waals surface area contributed by atoms with Crippen molar-refractivity contribution in [1.29, 1.82) is 0 Å². The van der Waals surface area contributed by atoms with Crippen molar-refractivity contribution >= 4 is 22.6 Å². The molecule has 9 nitrogen and oxygen atoms in total. The summed E-state index contributed by atoms with van der Waals surface area (Å²) in [5.41, 5.74) is 7.69. The van der Waals surface area contributed by atoms with E-state index >= 15 is 0 Å². The first-order valence-electron chi connectivity index (χ1n) is 12.1. The highest BCUT2D eigenvalue weighted by Crippen LogP contribution is 2.42. The van der Waals surface area contributed by atoms with Gasteiger partial charge in [0.1, 0.15) is 5.69 Å². The Kier molecular flexibility index (Phi) is 5.97. The molecule has 6 rings (SSSR count). The number of hydrogen-bond acceptors (Lipinski definition) is 7. The van der Waals surface area contributed by atoms with E-state index in [1.54, 1.807) is 12.3 Å². The average Bonchev–Trinajstić information content (AvgIpc) is 3.62. The molecule has 196 valence electrons. The lowest BCUT2D eigenvalue weighted by atomic mass is 9.73. The second kappa shape index (κ2) is 9.34. The number of piperidine rings is 1. The van der Waals surface area contributed by atoms with Crippen molar-refractivity contribution in [2.75, 3.05) is 24.6 Å². The van der Waals surface area contributed by atoms with Crippen LogP contribution in [0.1, 0.15) is 24.1 Å². The first-order chi connectivity index (χ1) is 18.4. The molecule has 0 saturated carbocycles. The summed E-state index contributed by atoms with van der Waals surface area (Å²) in [5, 5.41) is 7.73. The molecular formula is C26H24F3N7O2. The summed E-state index contributed by atoms with van der Waals surface area (Å²) >= 11 is 0. The maximum absolute atomic E-state index is 14.6. The van der Waals surface area contributed by atoms with Crippen LogP contribution in [0.3, 0.4) is 0 Å². The highest BCUT2D eigenvalue weighted by molar-refractivity contribution is 5.94. The van der Waals surface area contributed by atoms with Crippen LogP contribution in [0.25, 0.3) is 16.7 Å². The maximum atomic E-state index is 14.6. The van der Waals surface area contributed by atoms with Gasteiger partial charge in [-0.25, -0.2) is 9.37 Å². The molecule has 0 aliphatic carbocycles. The fourth-order valence-corrected chi connectivity index (χ4v) is 5.32. The van der Waals surface area contributed by atoms with Crippen LogP contribution >= 0.6 is 0 Å². The van der Waals surface area contributed by atoms with Gasteiger partial charge < -0.3 is 20.1 Å². The van der Waals surface area contributed by atoms with E-state index in [9.17, 15) is 13.2 Å². The van der Waals surface area contributed by atoms with E-state index in [2.05, 4.69) is 43.2 Å². The summed E-state index contributed by atoms with van der Waals surface area (Å²) in [6.45, 7) is 2.79. The maximum Gasteiger partial charge on any atom is 0.387 e. The van der Waals surface area contributed by atoms with Crippen molar-refractivity contribution in [3.8, 4) is 17.6 Å². The number of fused-ring (bicyclic) bond motifs is 3. The number of nitrogens with two attached hydrogens (primary N) is 1. The third kappa shape index (κ3) is 3.95. The van der Waals surface area contributed by atoms with Crippen LogP contribution in [0.15, 0.2) is 43.2 Å². The summed E-state index contributed by atoms with van der Waals surface area (Å²) < 4.78 is 51.6. The number of aromatic amines is 1. The Morgan fingerprint density at radius 2 is 2.11 bits per heavy atom. The average molecular weight is 524 g/mol. The monoisotopic (exact) mass is 523 g/mol. The molecule has 2 atom stereocenters. The Morgan fingerprint density at radius 1 is 1.29 bits per heavy atom. The van der Waals surface area contributed by atoms with Gasteiger partial charge in [0.05, 0.1) is 23.7 Å². The van der Waals surface area contributed by atoms with Crippen LogP contribution < -0.4 is 15.4 Å². The van der Waals surface area contributed by atoms with Gasteiger partial charge in [-0.2, -0.15) is 18.9 Å². The number of H-pyrrole nitrogens is 1. The third-order valence-electron chi connectivity index (χ3n) is 7.43. The summed E-state index contributed by atoms with van der Waals surface area (Å²) in [6, 6.07) is 3.79. The number of ether oxygens (including phenoxy) is 2. The van der Waals surface area contributed by atoms with E-state index in [-0.39, 0.29) is 23.1 Å². The van der Waals surface area contributed by atoms with Gasteiger partial charge in [-0.15, -0.1) is 6.58 Å². The van der Waals surface area contributed by atoms with Gasteiger partial charge in [-0.1, -0.05) is 18.1 Å². The number of aromatic nitrogens is 5. The zero-order valence-corrected chi connectivity index (χ0v) is 20.2. The number of hydrogen-bond donors (Lipinski definition) is 2. The lowest BCUT2D eigenvalue weighted by molar-refractivity contribution is -0.0522. The minimum Gasteiger partial charge on any atom is -0.432 e. The molecule has 4 aromatic rings. The number of nitrogens with one attached hydrogen (secondary N) is 1. The molecule has 3 aromatic heterocycles. The minimum atomic E-state index is -3.14. The van der Waals surface area contributed by atoms with Gasteiger partial charge in [0.15, 0.2) is 22.9 Å². The molecule has 0 bridgehead atoms. The zero-order chi connectivity index (χ0) is 26.4. The Morgan fingerprint density at radius 3 is 2.84 bits per heavy atom. The van der Waals surface area contributed by atoms with Crippen molar-refractivity contribution in [2.45, 2.75) is 31.6 Å². The third-order valence-corrected chi connectivity index (χ3v) is 7.43.